The van der Waals surface area contributed by atoms with Crippen LogP contribution in [0.1, 0.15) is 27.2 Å². The quantitative estimate of drug-likeness (QED) is 0.408. The molecule has 0 atom stereocenters. The summed E-state index contributed by atoms with van der Waals surface area (Å²) in [5, 5.41) is 2.76. The highest BCUT2D eigenvalue weighted by Gasteiger charge is 2.38. The molecule has 9 nitrogen and oxygen atoms in total. The average Bonchev–Trinajstić information content (AvgIpc) is 3.38. The van der Waals surface area contributed by atoms with Crippen LogP contribution in [-0.4, -0.2) is 49.8 Å². The molecular weight excluding hydrogens is 513 g/mol. The Morgan fingerprint density at radius 3 is 2.76 bits per heavy atom. The number of alkyl halides is 3. The van der Waals surface area contributed by atoms with Gasteiger partial charge in [-0.15, -0.1) is 0 Å². The van der Waals surface area contributed by atoms with Gasteiger partial charge in [0, 0.05) is 60.3 Å². The number of carbonyl (C=O) groups is 1. The van der Waals surface area contributed by atoms with E-state index < -0.39 is 17.5 Å². The Morgan fingerprint density at radius 1 is 1.16 bits per heavy atom. The number of likely N-dealkylation sites (tertiary alicyclic amines) is 1. The molecule has 190 valence electrons. The maximum Gasteiger partial charge on any atom is 0.417 e. The zero-order chi connectivity index (χ0) is 25.9. The van der Waals surface area contributed by atoms with E-state index in [1.165, 1.54) is 6.07 Å². The molecule has 6 rings (SSSR count). The number of aromatic amines is 1. The van der Waals surface area contributed by atoms with E-state index in [0.717, 1.165) is 23.4 Å². The molecular formula is C24H18ClF3N6O3. The van der Waals surface area contributed by atoms with Gasteiger partial charge in [0.05, 0.1) is 16.8 Å². The molecule has 37 heavy (non-hydrogen) atoms. The molecule has 2 aromatic heterocycles. The number of halogens is 4. The number of hydrogen-bond acceptors (Lipinski definition) is 7. The summed E-state index contributed by atoms with van der Waals surface area (Å²) in [6.07, 6.45) is -2.87. The summed E-state index contributed by atoms with van der Waals surface area (Å²) in [5.41, 5.74) is 2.27. The van der Waals surface area contributed by atoms with Crippen LogP contribution in [0.25, 0.3) is 11.1 Å². The molecule has 0 aliphatic carbocycles. The molecule has 4 aromatic rings. The van der Waals surface area contributed by atoms with Gasteiger partial charge >= 0.3 is 11.9 Å². The second kappa shape index (κ2) is 8.60. The summed E-state index contributed by atoms with van der Waals surface area (Å²) in [7, 11) is 0. The molecule has 1 saturated heterocycles. The van der Waals surface area contributed by atoms with Crippen molar-refractivity contribution in [2.75, 3.05) is 18.4 Å². The SMILES string of the molecule is O=C(c1ccc2[nH]c(=O)oc2c1)N1CC(N2Cc3cnc(Nc4cc(Cl)cc(C(F)(F)F)c4)nc3C2)C1. The minimum atomic E-state index is -4.52. The highest BCUT2D eigenvalue weighted by atomic mass is 35.5. The molecule has 2 aliphatic rings. The van der Waals surface area contributed by atoms with Crippen LogP contribution in [-0.2, 0) is 19.3 Å². The van der Waals surface area contributed by atoms with Gasteiger partial charge in [-0.25, -0.2) is 14.8 Å². The van der Waals surface area contributed by atoms with Crippen LogP contribution < -0.4 is 11.1 Å². The Hall–Kier alpha value is -3.90. The first-order chi connectivity index (χ1) is 17.6. The maximum atomic E-state index is 13.1. The van der Waals surface area contributed by atoms with Crippen LogP contribution in [0.5, 0.6) is 0 Å². The topological polar surface area (TPSA) is 107 Å². The molecule has 0 saturated carbocycles. The van der Waals surface area contributed by atoms with Gasteiger partial charge in [0.15, 0.2) is 5.58 Å². The number of nitrogens with one attached hydrogen (secondary N) is 2. The fourth-order valence-electron chi connectivity index (χ4n) is 4.56. The van der Waals surface area contributed by atoms with Crippen LogP contribution in [0.3, 0.4) is 0 Å². The zero-order valence-corrected chi connectivity index (χ0v) is 19.7. The minimum absolute atomic E-state index is 0.0497. The van der Waals surface area contributed by atoms with Gasteiger partial charge in [-0.2, -0.15) is 13.2 Å². The predicted octanol–water partition coefficient (Wildman–Crippen LogP) is 4.17. The van der Waals surface area contributed by atoms with Crippen molar-refractivity contribution in [1.29, 1.82) is 0 Å². The lowest BCUT2D eigenvalue weighted by Crippen LogP contribution is -2.59. The first kappa shape index (κ1) is 23.5. The number of rotatable bonds is 4. The molecule has 0 spiro atoms. The van der Waals surface area contributed by atoms with E-state index in [1.54, 1.807) is 29.3 Å². The van der Waals surface area contributed by atoms with Crippen LogP contribution in [0, 0.1) is 0 Å². The lowest BCUT2D eigenvalue weighted by atomic mass is 10.0. The lowest BCUT2D eigenvalue weighted by Gasteiger charge is -2.43. The molecule has 2 N–H and O–H groups in total. The molecule has 0 bridgehead atoms. The van der Waals surface area contributed by atoms with Crippen molar-refractivity contribution in [1.82, 2.24) is 24.8 Å². The number of anilines is 2. The van der Waals surface area contributed by atoms with Crippen molar-refractivity contribution >= 4 is 40.2 Å². The van der Waals surface area contributed by atoms with Gasteiger partial charge in [0.2, 0.25) is 5.95 Å². The number of fused-ring (bicyclic) bond motifs is 2. The van der Waals surface area contributed by atoms with Crippen LogP contribution in [0.4, 0.5) is 24.8 Å². The maximum absolute atomic E-state index is 13.1. The van der Waals surface area contributed by atoms with Crippen molar-refractivity contribution in [3.8, 4) is 0 Å². The summed E-state index contributed by atoms with van der Waals surface area (Å²) >= 11 is 5.86. The number of oxazole rings is 1. The number of carbonyl (C=O) groups excluding carboxylic acids is 1. The van der Waals surface area contributed by atoms with E-state index in [0.29, 0.717) is 42.8 Å². The summed E-state index contributed by atoms with van der Waals surface area (Å²) in [5.74, 6) is -0.546. The van der Waals surface area contributed by atoms with E-state index in [1.807, 2.05) is 0 Å². The largest absolute Gasteiger partial charge is 0.417 e. The number of hydrogen-bond donors (Lipinski definition) is 2. The minimum Gasteiger partial charge on any atom is -0.408 e. The average molecular weight is 531 g/mol. The van der Waals surface area contributed by atoms with E-state index in [4.69, 9.17) is 16.0 Å². The molecule has 1 fully saturated rings. The third-order valence-corrected chi connectivity index (χ3v) is 6.71. The number of benzene rings is 2. The molecule has 2 aliphatic heterocycles. The Kier molecular flexibility index (Phi) is 5.46. The van der Waals surface area contributed by atoms with Crippen LogP contribution >= 0.6 is 11.6 Å². The number of amides is 1. The van der Waals surface area contributed by atoms with E-state index in [-0.39, 0.29) is 28.6 Å². The van der Waals surface area contributed by atoms with E-state index >= 15 is 0 Å². The Labute approximate surface area is 211 Å². The van der Waals surface area contributed by atoms with Gasteiger partial charge in [-0.1, -0.05) is 11.6 Å². The third-order valence-electron chi connectivity index (χ3n) is 6.50. The van der Waals surface area contributed by atoms with Gasteiger partial charge in [0.25, 0.3) is 5.91 Å². The van der Waals surface area contributed by atoms with Gasteiger partial charge < -0.3 is 14.6 Å². The molecule has 1 amide bonds. The van der Waals surface area contributed by atoms with Crippen LogP contribution in [0.15, 0.2) is 51.8 Å². The Balaban J connectivity index is 1.09. The highest BCUT2D eigenvalue weighted by molar-refractivity contribution is 6.31. The molecule has 0 unspecified atom stereocenters. The summed E-state index contributed by atoms with van der Waals surface area (Å²) in [4.78, 5) is 39.4. The standard InChI is InChI=1S/C24H18ClF3N6O3/c25-15-4-14(24(26,27)28)5-16(6-15)30-22-29-7-13-8-33(11-19(13)31-22)17-9-34(10-17)21(35)12-1-2-18-20(3-12)37-23(36)32-18/h1-7,17H,8-11H2,(H,32,36)(H,29,30,31). The van der Waals surface area contributed by atoms with Crippen molar-refractivity contribution in [2.45, 2.75) is 25.3 Å². The Bertz CT molecular complexity index is 1590. The lowest BCUT2D eigenvalue weighted by molar-refractivity contribution is -0.137. The Morgan fingerprint density at radius 2 is 1.97 bits per heavy atom. The van der Waals surface area contributed by atoms with Gasteiger partial charge in [-0.3, -0.25) is 14.7 Å². The normalized spacial score (nSPS) is 16.2. The molecule has 13 heteroatoms. The van der Waals surface area contributed by atoms with Crippen molar-refractivity contribution in [3.63, 3.8) is 0 Å². The summed E-state index contributed by atoms with van der Waals surface area (Å²) in [6, 6.07) is 8.16. The molecule has 0 radical (unpaired) electrons. The third kappa shape index (κ3) is 4.53. The highest BCUT2D eigenvalue weighted by Crippen LogP contribution is 2.34. The number of nitrogens with zero attached hydrogens (tertiary/aromatic N) is 4. The number of H-pyrrole nitrogens is 1. The summed E-state index contributed by atoms with van der Waals surface area (Å²) < 4.78 is 44.3. The fourth-order valence-corrected chi connectivity index (χ4v) is 4.80. The first-order valence-corrected chi connectivity index (χ1v) is 11.7. The zero-order valence-electron chi connectivity index (χ0n) is 19.0. The fraction of sp³-hybridized carbons (Fsp3) is 0.250. The van der Waals surface area contributed by atoms with Gasteiger partial charge in [0.1, 0.15) is 0 Å². The van der Waals surface area contributed by atoms with Crippen molar-refractivity contribution < 1.29 is 22.4 Å². The number of aromatic nitrogens is 3. The van der Waals surface area contributed by atoms with E-state index in [9.17, 15) is 22.8 Å². The van der Waals surface area contributed by atoms with Crippen molar-refractivity contribution in [2.24, 2.45) is 0 Å². The predicted molar refractivity (Wildman–Crippen MR) is 128 cm³/mol. The second-order valence-corrected chi connectivity index (χ2v) is 9.45. The molecule has 2 aromatic carbocycles. The van der Waals surface area contributed by atoms with E-state index in [2.05, 4.69) is 25.2 Å². The molecule has 4 heterocycles. The van der Waals surface area contributed by atoms with Crippen molar-refractivity contribution in [3.05, 3.63) is 80.6 Å². The van der Waals surface area contributed by atoms with Gasteiger partial charge in [-0.05, 0) is 36.4 Å². The summed E-state index contributed by atoms with van der Waals surface area (Å²) in [6.45, 7) is 2.20. The smallest absolute Gasteiger partial charge is 0.408 e. The second-order valence-electron chi connectivity index (χ2n) is 9.01. The first-order valence-electron chi connectivity index (χ1n) is 11.3. The monoisotopic (exact) mass is 530 g/mol. The van der Waals surface area contributed by atoms with Crippen LogP contribution in [0.2, 0.25) is 5.02 Å².